The molecule has 462 valence electrons. The number of aliphatic hydroxyl groups is 1. The van der Waals surface area contributed by atoms with Crippen molar-refractivity contribution in [2.75, 3.05) is 40.9 Å². The molecule has 0 radical (unpaired) electrons. The quantitative estimate of drug-likeness (QED) is 0.0243. The van der Waals surface area contributed by atoms with Gasteiger partial charge in [0.2, 0.25) is 5.91 Å². The van der Waals surface area contributed by atoms with Gasteiger partial charge in [-0.25, -0.2) is 4.57 Å². The Hall–Kier alpha value is -3.62. The van der Waals surface area contributed by atoms with Crippen LogP contribution in [0.3, 0.4) is 0 Å². The second-order valence-corrected chi connectivity index (χ2v) is 24.2. The number of hydrogen-bond acceptors (Lipinski definition) is 5. The SMILES string of the molecule is CC/C=C\C/C=C\C/C=C\C/C=C\C/C=C\C/C=C\C/C=C\C/C=C\C/C=C\C/C=C\C/C=C\CCCCCCCCCC(=O)NC(COP(=O)(O)OCC[N+](C)(C)C)C(O)/C=C/CCCCCCCCCCCCCCCCCC. The molecule has 0 heterocycles. The molecule has 0 aromatic carbocycles. The molecule has 1 amide bonds. The number of amides is 1. The fraction of sp³-hybridized carbons (Fsp3) is 0.653. The van der Waals surface area contributed by atoms with Gasteiger partial charge in [0.1, 0.15) is 13.2 Å². The molecule has 8 nitrogen and oxygen atoms in total. The Morgan fingerprint density at radius 1 is 0.432 bits per heavy atom. The van der Waals surface area contributed by atoms with Crippen LogP contribution < -0.4 is 5.32 Å². The molecule has 3 N–H and O–H groups in total. The lowest BCUT2D eigenvalue weighted by molar-refractivity contribution is -0.870. The number of nitrogens with zero attached hydrogens (tertiary/aromatic N) is 1. The van der Waals surface area contributed by atoms with Gasteiger partial charge in [-0.2, -0.15) is 0 Å². The van der Waals surface area contributed by atoms with Crippen molar-refractivity contribution in [3.8, 4) is 0 Å². The van der Waals surface area contributed by atoms with Crippen LogP contribution in [-0.2, 0) is 18.4 Å². The molecule has 0 aliphatic heterocycles. The molecule has 0 aromatic heterocycles. The topological polar surface area (TPSA) is 105 Å². The molecule has 0 spiro atoms. The fourth-order valence-corrected chi connectivity index (χ4v) is 9.49. The standard InChI is InChI=1S/C72H123N2O6P/c1-6-8-10-12-14-16-18-20-22-24-26-27-28-29-30-31-32-33-34-35-36-37-38-39-40-41-42-43-44-45-46-47-48-50-52-54-56-58-60-62-64-66-72(76)73-70(69-80-81(77,78)79-68-67-74(3,4)5)71(75)65-63-61-59-57-55-53-51-49-25-23-21-19-17-15-13-11-9-7-2/h8,10,14,16,20,22,26-27,29-30,32-33,35-36,38-39,41-42,44-45,47-48,63,65,70-71,75H,6-7,9,11-13,15,17-19,21,23-25,28,31,34,37,40,43,46,49-62,64,66-69H2,1-5H3,(H-,73,76,77,78)/p+1/b10-8-,16-14-,22-20-,27-26-,30-29-,33-32-,36-35-,39-38-,42-41-,45-44-,48-47-,65-63+. The molecule has 0 bridgehead atoms. The van der Waals surface area contributed by atoms with Gasteiger partial charge in [0.15, 0.2) is 0 Å². The minimum Gasteiger partial charge on any atom is -0.387 e. The van der Waals surface area contributed by atoms with E-state index in [0.29, 0.717) is 17.4 Å². The molecule has 0 fully saturated rings. The molecule has 3 atom stereocenters. The van der Waals surface area contributed by atoms with E-state index in [-0.39, 0.29) is 19.1 Å². The highest BCUT2D eigenvalue weighted by Crippen LogP contribution is 2.43. The molecule has 81 heavy (non-hydrogen) atoms. The number of unbranched alkanes of at least 4 members (excludes halogenated alkanes) is 23. The van der Waals surface area contributed by atoms with Crippen molar-refractivity contribution in [3.63, 3.8) is 0 Å². The van der Waals surface area contributed by atoms with E-state index >= 15 is 0 Å². The van der Waals surface area contributed by atoms with Gasteiger partial charge in [-0.3, -0.25) is 13.8 Å². The van der Waals surface area contributed by atoms with Crippen LogP contribution in [0.4, 0.5) is 0 Å². The van der Waals surface area contributed by atoms with E-state index in [2.05, 4.69) is 153 Å². The monoisotopic (exact) mass is 1140 g/mol. The number of aliphatic hydroxyl groups excluding tert-OH is 1. The highest BCUT2D eigenvalue weighted by Gasteiger charge is 2.27. The Morgan fingerprint density at radius 3 is 1.09 bits per heavy atom. The zero-order valence-corrected chi connectivity index (χ0v) is 53.6. The number of likely N-dealkylation sites (N-methyl/N-ethyl adjacent to an activating group) is 1. The first kappa shape index (κ1) is 77.4. The van der Waals surface area contributed by atoms with Gasteiger partial charge in [0, 0.05) is 6.42 Å². The molecule has 0 saturated carbocycles. The van der Waals surface area contributed by atoms with E-state index in [4.69, 9.17) is 9.05 Å². The Labute approximate surface area is 499 Å². The predicted octanol–water partition coefficient (Wildman–Crippen LogP) is 20.8. The Kier molecular flexibility index (Phi) is 58.2. The summed E-state index contributed by atoms with van der Waals surface area (Å²) in [5.74, 6) is -0.193. The smallest absolute Gasteiger partial charge is 0.387 e. The zero-order valence-electron chi connectivity index (χ0n) is 52.7. The van der Waals surface area contributed by atoms with Crippen LogP contribution >= 0.6 is 7.82 Å². The average molecular weight is 1140 g/mol. The Bertz CT molecular complexity index is 1830. The normalized spacial score (nSPS) is 14.7. The van der Waals surface area contributed by atoms with Gasteiger partial charge in [0.25, 0.3) is 0 Å². The van der Waals surface area contributed by atoms with Gasteiger partial charge >= 0.3 is 7.82 Å². The van der Waals surface area contributed by atoms with E-state index in [9.17, 15) is 19.4 Å². The summed E-state index contributed by atoms with van der Waals surface area (Å²) in [6, 6.07) is -0.863. The highest BCUT2D eigenvalue weighted by atomic mass is 31.2. The third kappa shape index (κ3) is 63.8. The first-order valence-electron chi connectivity index (χ1n) is 32.7. The van der Waals surface area contributed by atoms with Crippen molar-refractivity contribution in [2.45, 2.75) is 264 Å². The lowest BCUT2D eigenvalue weighted by Crippen LogP contribution is -2.45. The highest BCUT2D eigenvalue weighted by molar-refractivity contribution is 7.47. The maximum Gasteiger partial charge on any atom is 0.472 e. The Balaban J connectivity index is 4.16. The molecule has 0 aromatic rings. The molecular weight excluding hydrogens is 1020 g/mol. The summed E-state index contributed by atoms with van der Waals surface area (Å²) < 4.78 is 23.7. The second-order valence-electron chi connectivity index (χ2n) is 22.8. The zero-order chi connectivity index (χ0) is 59.1. The summed E-state index contributed by atoms with van der Waals surface area (Å²) in [5.41, 5.74) is 0. The molecular formula is C72H124N2O6P+. The lowest BCUT2D eigenvalue weighted by Gasteiger charge is -2.25. The molecule has 3 unspecified atom stereocenters. The minimum atomic E-state index is -4.36. The van der Waals surface area contributed by atoms with E-state index in [1.54, 1.807) is 6.08 Å². The number of phosphoric ester groups is 1. The van der Waals surface area contributed by atoms with Gasteiger partial charge in [-0.15, -0.1) is 0 Å². The first-order chi connectivity index (χ1) is 39.5. The van der Waals surface area contributed by atoms with E-state index < -0.39 is 20.0 Å². The van der Waals surface area contributed by atoms with E-state index in [1.807, 2.05) is 27.2 Å². The van der Waals surface area contributed by atoms with Crippen LogP contribution in [-0.4, -0.2) is 73.4 Å². The van der Waals surface area contributed by atoms with Crippen LogP contribution in [0, 0.1) is 0 Å². The van der Waals surface area contributed by atoms with Crippen molar-refractivity contribution in [3.05, 3.63) is 146 Å². The van der Waals surface area contributed by atoms with E-state index in [1.165, 1.54) is 109 Å². The summed E-state index contributed by atoms with van der Waals surface area (Å²) in [7, 11) is 1.55. The van der Waals surface area contributed by atoms with Gasteiger partial charge in [-0.1, -0.05) is 288 Å². The van der Waals surface area contributed by atoms with E-state index in [0.717, 1.165) is 122 Å². The summed E-state index contributed by atoms with van der Waals surface area (Å²) >= 11 is 0. The third-order valence-corrected chi connectivity index (χ3v) is 14.8. The van der Waals surface area contributed by atoms with Crippen molar-refractivity contribution >= 4 is 13.7 Å². The number of nitrogens with one attached hydrogen (secondary N) is 1. The lowest BCUT2D eigenvalue weighted by atomic mass is 10.0. The Morgan fingerprint density at radius 2 is 0.741 bits per heavy atom. The molecule has 0 aliphatic rings. The molecule has 9 heteroatoms. The summed E-state index contributed by atoms with van der Waals surface area (Å²) in [6.07, 6.45) is 93.9. The number of allylic oxidation sites excluding steroid dienone is 23. The predicted molar refractivity (Wildman–Crippen MR) is 354 cm³/mol. The third-order valence-electron chi connectivity index (χ3n) is 13.8. The van der Waals surface area contributed by atoms with Crippen LogP contribution in [0.2, 0.25) is 0 Å². The van der Waals surface area contributed by atoms with Crippen molar-refractivity contribution in [1.29, 1.82) is 0 Å². The largest absolute Gasteiger partial charge is 0.472 e. The summed E-state index contributed by atoms with van der Waals surface area (Å²) in [5, 5.41) is 14.0. The second kappa shape index (κ2) is 61.0. The molecule has 0 saturated heterocycles. The molecule has 0 aliphatic carbocycles. The summed E-state index contributed by atoms with van der Waals surface area (Å²) in [6.45, 7) is 4.69. The summed E-state index contributed by atoms with van der Waals surface area (Å²) in [4.78, 5) is 23.4. The van der Waals surface area contributed by atoms with Crippen LogP contribution in [0.15, 0.2) is 146 Å². The van der Waals surface area contributed by atoms with Crippen molar-refractivity contribution in [1.82, 2.24) is 5.32 Å². The number of carbonyl (C=O) groups is 1. The number of phosphoric acid groups is 1. The van der Waals surface area contributed by atoms with Gasteiger partial charge < -0.3 is 19.8 Å². The minimum absolute atomic E-state index is 0.0524. The maximum atomic E-state index is 13.0. The number of quaternary nitrogens is 1. The van der Waals surface area contributed by atoms with Gasteiger partial charge in [-0.05, 0) is 103 Å². The number of hydrogen-bond donors (Lipinski definition) is 3. The molecule has 0 rings (SSSR count). The van der Waals surface area contributed by atoms with Crippen LogP contribution in [0.25, 0.3) is 0 Å². The van der Waals surface area contributed by atoms with Crippen LogP contribution in [0.5, 0.6) is 0 Å². The number of rotatable bonds is 58. The van der Waals surface area contributed by atoms with Crippen molar-refractivity contribution < 1.29 is 32.9 Å². The van der Waals surface area contributed by atoms with Gasteiger partial charge in [0.05, 0.1) is 39.9 Å². The average Bonchev–Trinajstić information content (AvgIpc) is 3.43. The van der Waals surface area contributed by atoms with Crippen molar-refractivity contribution in [2.24, 2.45) is 0 Å². The maximum absolute atomic E-state index is 13.0. The number of carbonyl (C=O) groups excluding carboxylic acids is 1. The fourth-order valence-electron chi connectivity index (χ4n) is 8.75. The van der Waals surface area contributed by atoms with Crippen LogP contribution in [0.1, 0.15) is 251 Å². The first-order valence-corrected chi connectivity index (χ1v) is 34.2.